The van der Waals surface area contributed by atoms with Crippen molar-refractivity contribution in [3.05, 3.63) is 59.2 Å². The number of methoxy groups -OCH3 is 1. The molecule has 0 spiro atoms. The molecule has 0 aliphatic rings. The Morgan fingerprint density at radius 1 is 1.00 bits per heavy atom. The van der Waals surface area contributed by atoms with Gasteiger partial charge in [0.1, 0.15) is 5.75 Å². The van der Waals surface area contributed by atoms with E-state index in [1.54, 1.807) is 7.11 Å². The predicted molar refractivity (Wildman–Crippen MR) is 99.4 cm³/mol. The summed E-state index contributed by atoms with van der Waals surface area (Å²) >= 11 is 0. The molecule has 0 amide bonds. The number of hydrogen-bond donors (Lipinski definition) is 0. The molecular weight excluding hydrogens is 282 g/mol. The average Bonchev–Trinajstić information content (AvgIpc) is 2.53. The normalized spacial score (nSPS) is 10.9. The second-order valence-electron chi connectivity index (χ2n) is 6.73. The topological polar surface area (TPSA) is 12.5 Å². The smallest absolute Gasteiger partial charge is 0.119 e. The van der Waals surface area contributed by atoms with E-state index >= 15 is 0 Å². The molecule has 124 valence electrons. The van der Waals surface area contributed by atoms with E-state index in [1.807, 2.05) is 12.1 Å². The molecule has 23 heavy (non-hydrogen) atoms. The van der Waals surface area contributed by atoms with Crippen molar-refractivity contribution in [3.63, 3.8) is 0 Å². The lowest BCUT2D eigenvalue weighted by molar-refractivity contribution is 0.415. The summed E-state index contributed by atoms with van der Waals surface area (Å²) in [4.78, 5) is 2.47. The molecule has 0 fully saturated rings. The fraction of sp³-hybridized carbons (Fsp3) is 0.429. The van der Waals surface area contributed by atoms with Gasteiger partial charge in [0.15, 0.2) is 0 Å². The first-order valence-corrected chi connectivity index (χ1v) is 8.44. The molecule has 0 unspecified atom stereocenters. The van der Waals surface area contributed by atoms with Gasteiger partial charge in [-0.2, -0.15) is 0 Å². The van der Waals surface area contributed by atoms with E-state index < -0.39 is 0 Å². The molecule has 0 saturated carbocycles. The molecule has 2 nitrogen and oxygen atoms in total. The Labute approximate surface area is 141 Å². The minimum atomic E-state index is 0.704. The lowest BCUT2D eigenvalue weighted by Crippen LogP contribution is -2.25. The van der Waals surface area contributed by atoms with Crippen LogP contribution in [0.5, 0.6) is 5.75 Å². The Kier molecular flexibility index (Phi) is 6.09. The fourth-order valence-corrected chi connectivity index (χ4v) is 2.74. The molecule has 2 heteroatoms. The minimum absolute atomic E-state index is 0.704. The van der Waals surface area contributed by atoms with Crippen LogP contribution >= 0.6 is 0 Å². The molecule has 2 rings (SSSR count). The molecule has 0 aliphatic carbocycles. The van der Waals surface area contributed by atoms with Gasteiger partial charge in [0.2, 0.25) is 0 Å². The molecule has 0 atom stereocenters. The van der Waals surface area contributed by atoms with Gasteiger partial charge in [-0.15, -0.1) is 0 Å². The van der Waals surface area contributed by atoms with Gasteiger partial charge in [-0.25, -0.2) is 0 Å². The number of hydrogen-bond acceptors (Lipinski definition) is 2. The molecule has 0 aliphatic heterocycles. The van der Waals surface area contributed by atoms with E-state index in [9.17, 15) is 0 Å². The zero-order valence-electron chi connectivity index (χ0n) is 15.1. The summed E-state index contributed by atoms with van der Waals surface area (Å²) < 4.78 is 5.28. The van der Waals surface area contributed by atoms with Crippen molar-refractivity contribution in [1.29, 1.82) is 0 Å². The van der Waals surface area contributed by atoms with Gasteiger partial charge in [0.05, 0.1) is 7.11 Å². The van der Waals surface area contributed by atoms with E-state index in [0.717, 1.165) is 18.8 Å². The van der Waals surface area contributed by atoms with E-state index in [1.165, 1.54) is 28.8 Å². The highest BCUT2D eigenvalue weighted by Gasteiger charge is 2.10. The van der Waals surface area contributed by atoms with Crippen molar-refractivity contribution >= 4 is 5.69 Å². The first-order valence-electron chi connectivity index (χ1n) is 8.44. The third-order valence-corrected chi connectivity index (χ3v) is 4.27. The van der Waals surface area contributed by atoms with Crippen LogP contribution in [0.1, 0.15) is 37.0 Å². The summed E-state index contributed by atoms with van der Waals surface area (Å²) in [6.45, 7) is 10.9. The van der Waals surface area contributed by atoms with E-state index in [-0.39, 0.29) is 0 Å². The van der Waals surface area contributed by atoms with Crippen LogP contribution in [0.2, 0.25) is 0 Å². The molecule has 0 aromatic heterocycles. The molecule has 2 aromatic rings. The Morgan fingerprint density at radius 2 is 1.70 bits per heavy atom. The van der Waals surface area contributed by atoms with E-state index in [2.05, 4.69) is 62.9 Å². The largest absolute Gasteiger partial charge is 0.497 e. The van der Waals surface area contributed by atoms with Crippen LogP contribution in [0.15, 0.2) is 42.5 Å². The predicted octanol–water partition coefficient (Wildman–Crippen LogP) is 5.36. The van der Waals surface area contributed by atoms with Gasteiger partial charge in [-0.3, -0.25) is 0 Å². The highest BCUT2D eigenvalue weighted by Crippen LogP contribution is 2.23. The average molecular weight is 311 g/mol. The lowest BCUT2D eigenvalue weighted by atomic mass is 10.0. The zero-order valence-corrected chi connectivity index (χ0v) is 15.1. The number of anilines is 1. The van der Waals surface area contributed by atoms with Gasteiger partial charge in [0.25, 0.3) is 0 Å². The molecule has 2 aromatic carbocycles. The Hall–Kier alpha value is -1.96. The van der Waals surface area contributed by atoms with Gasteiger partial charge in [-0.1, -0.05) is 37.6 Å². The van der Waals surface area contributed by atoms with Crippen molar-refractivity contribution < 1.29 is 4.74 Å². The van der Waals surface area contributed by atoms with Gasteiger partial charge in [-0.05, 0) is 61.6 Å². The fourth-order valence-electron chi connectivity index (χ4n) is 2.74. The second-order valence-corrected chi connectivity index (χ2v) is 6.73. The SMILES string of the molecule is COc1ccc(N(CCC(C)C)Cc2ccc(C)cc2C)cc1. The lowest BCUT2D eigenvalue weighted by Gasteiger charge is -2.27. The summed E-state index contributed by atoms with van der Waals surface area (Å²) in [5, 5.41) is 0. The van der Waals surface area contributed by atoms with Crippen LogP contribution in [0.3, 0.4) is 0 Å². The van der Waals surface area contributed by atoms with Gasteiger partial charge >= 0.3 is 0 Å². The highest BCUT2D eigenvalue weighted by atomic mass is 16.5. The minimum Gasteiger partial charge on any atom is -0.497 e. The Balaban J connectivity index is 2.21. The molecule has 0 N–H and O–H groups in total. The van der Waals surface area contributed by atoms with Gasteiger partial charge in [0, 0.05) is 18.8 Å². The zero-order chi connectivity index (χ0) is 16.8. The van der Waals surface area contributed by atoms with E-state index in [0.29, 0.717) is 5.92 Å². The van der Waals surface area contributed by atoms with Crippen LogP contribution in [0, 0.1) is 19.8 Å². The molecule has 0 radical (unpaired) electrons. The quantitative estimate of drug-likeness (QED) is 0.682. The number of rotatable bonds is 7. The third kappa shape index (κ3) is 5.02. The maximum atomic E-state index is 5.28. The van der Waals surface area contributed by atoms with Crippen LogP contribution in [0.4, 0.5) is 5.69 Å². The van der Waals surface area contributed by atoms with Crippen molar-refractivity contribution in [1.82, 2.24) is 0 Å². The number of ether oxygens (including phenoxy) is 1. The molecule has 0 bridgehead atoms. The third-order valence-electron chi connectivity index (χ3n) is 4.27. The Morgan fingerprint density at radius 3 is 2.26 bits per heavy atom. The maximum absolute atomic E-state index is 5.28. The number of benzene rings is 2. The van der Waals surface area contributed by atoms with Gasteiger partial charge < -0.3 is 9.64 Å². The van der Waals surface area contributed by atoms with E-state index in [4.69, 9.17) is 4.74 Å². The van der Waals surface area contributed by atoms with Crippen LogP contribution < -0.4 is 9.64 Å². The molecule has 0 saturated heterocycles. The van der Waals surface area contributed by atoms with Crippen molar-refractivity contribution in [2.75, 3.05) is 18.6 Å². The molecular formula is C21H29NO. The van der Waals surface area contributed by atoms with Crippen molar-refractivity contribution in [2.24, 2.45) is 5.92 Å². The summed E-state index contributed by atoms with van der Waals surface area (Å²) in [7, 11) is 1.71. The van der Waals surface area contributed by atoms with Crippen LogP contribution in [0.25, 0.3) is 0 Å². The first kappa shape index (κ1) is 17.4. The maximum Gasteiger partial charge on any atom is 0.119 e. The first-order chi connectivity index (χ1) is 11.0. The summed E-state index contributed by atoms with van der Waals surface area (Å²) in [5.41, 5.74) is 5.35. The highest BCUT2D eigenvalue weighted by molar-refractivity contribution is 5.50. The van der Waals surface area contributed by atoms with Crippen LogP contribution in [-0.2, 0) is 6.54 Å². The van der Waals surface area contributed by atoms with Crippen molar-refractivity contribution in [2.45, 2.75) is 40.7 Å². The monoisotopic (exact) mass is 311 g/mol. The number of aryl methyl sites for hydroxylation is 2. The summed E-state index contributed by atoms with van der Waals surface area (Å²) in [5.74, 6) is 1.61. The second kappa shape index (κ2) is 8.05. The summed E-state index contributed by atoms with van der Waals surface area (Å²) in [6.07, 6.45) is 1.19. The summed E-state index contributed by atoms with van der Waals surface area (Å²) in [6, 6.07) is 15.1. The number of nitrogens with zero attached hydrogens (tertiary/aromatic N) is 1. The van der Waals surface area contributed by atoms with Crippen molar-refractivity contribution in [3.8, 4) is 5.75 Å². The Bertz CT molecular complexity index is 616. The van der Waals surface area contributed by atoms with Crippen LogP contribution in [-0.4, -0.2) is 13.7 Å². The molecule has 0 heterocycles. The standard InChI is InChI=1S/C21H29NO/c1-16(2)12-13-22(20-8-10-21(23-5)11-9-20)15-19-7-6-17(3)14-18(19)4/h6-11,14,16H,12-13,15H2,1-5H3.